The fourth-order valence-electron chi connectivity index (χ4n) is 2.30. The van der Waals surface area contributed by atoms with E-state index in [4.69, 9.17) is 10.6 Å². The molecule has 1 heterocycles. The van der Waals surface area contributed by atoms with Crippen molar-refractivity contribution in [2.24, 2.45) is 5.84 Å². The van der Waals surface area contributed by atoms with Crippen molar-refractivity contribution in [2.45, 2.75) is 38.5 Å². The van der Waals surface area contributed by atoms with Gasteiger partial charge in [0.05, 0.1) is 0 Å². The number of hydrogen-bond acceptors (Lipinski definition) is 4. The molecule has 0 bridgehead atoms. The van der Waals surface area contributed by atoms with Crippen LogP contribution in [0.5, 0.6) is 0 Å². The van der Waals surface area contributed by atoms with Gasteiger partial charge in [-0.15, -0.1) is 0 Å². The molecule has 1 aromatic carbocycles. The number of rotatable bonds is 3. The number of nitrogens with one attached hydrogen (secondary N) is 1. The highest BCUT2D eigenvalue weighted by Crippen LogP contribution is 2.18. The number of ether oxygens (including phenoxy) is 1. The van der Waals surface area contributed by atoms with Crippen LogP contribution in [0, 0.1) is 0 Å². The first-order valence-electron chi connectivity index (χ1n) is 6.64. The maximum absolute atomic E-state index is 12.1. The molecular formula is C14H21N3O2. The Hall–Kier alpha value is -1.59. The molecule has 0 saturated carbocycles. The molecule has 0 aliphatic carbocycles. The smallest absolute Gasteiger partial charge is 0.410 e. The van der Waals surface area contributed by atoms with Crippen LogP contribution in [0.25, 0.3) is 0 Å². The quantitative estimate of drug-likeness (QED) is 0.642. The first kappa shape index (κ1) is 13.8. The monoisotopic (exact) mass is 263 g/mol. The van der Waals surface area contributed by atoms with Crippen molar-refractivity contribution in [1.29, 1.82) is 0 Å². The van der Waals surface area contributed by atoms with E-state index in [-0.39, 0.29) is 18.2 Å². The largest absolute Gasteiger partial charge is 0.445 e. The van der Waals surface area contributed by atoms with Gasteiger partial charge in [-0.1, -0.05) is 30.3 Å². The van der Waals surface area contributed by atoms with E-state index < -0.39 is 0 Å². The summed E-state index contributed by atoms with van der Waals surface area (Å²) in [5.74, 6) is 5.45. The molecule has 5 nitrogen and oxygen atoms in total. The molecule has 2 rings (SSSR count). The van der Waals surface area contributed by atoms with E-state index in [0.717, 1.165) is 18.4 Å². The third kappa shape index (κ3) is 3.68. The second-order valence-corrected chi connectivity index (χ2v) is 4.98. The average molecular weight is 263 g/mol. The van der Waals surface area contributed by atoms with E-state index in [1.54, 1.807) is 4.90 Å². The van der Waals surface area contributed by atoms with Crippen LogP contribution in [0.3, 0.4) is 0 Å². The molecule has 0 aromatic heterocycles. The maximum Gasteiger partial charge on any atom is 0.410 e. The molecular weight excluding hydrogens is 242 g/mol. The Morgan fingerprint density at radius 3 is 2.84 bits per heavy atom. The average Bonchev–Trinajstić information content (AvgIpc) is 2.46. The fraction of sp³-hybridized carbons (Fsp3) is 0.500. The zero-order valence-electron chi connectivity index (χ0n) is 11.2. The molecule has 5 heteroatoms. The van der Waals surface area contributed by atoms with Gasteiger partial charge in [0.15, 0.2) is 0 Å². The predicted octanol–water partition coefficient (Wildman–Crippen LogP) is 1.64. The summed E-state index contributed by atoms with van der Waals surface area (Å²) >= 11 is 0. The van der Waals surface area contributed by atoms with E-state index in [1.165, 1.54) is 0 Å². The number of piperidine rings is 1. The van der Waals surface area contributed by atoms with Gasteiger partial charge in [-0.05, 0) is 25.3 Å². The Labute approximate surface area is 113 Å². The van der Waals surface area contributed by atoms with E-state index in [2.05, 4.69) is 5.43 Å². The summed E-state index contributed by atoms with van der Waals surface area (Å²) in [7, 11) is 0. The molecule has 3 N–H and O–H groups in total. The lowest BCUT2D eigenvalue weighted by Crippen LogP contribution is -2.53. The molecule has 104 valence electrons. The number of hydrazine groups is 1. The van der Waals surface area contributed by atoms with Gasteiger partial charge in [-0.3, -0.25) is 11.3 Å². The van der Waals surface area contributed by atoms with Crippen LogP contribution < -0.4 is 11.3 Å². The van der Waals surface area contributed by atoms with Gasteiger partial charge in [-0.25, -0.2) is 4.79 Å². The lowest BCUT2D eigenvalue weighted by Gasteiger charge is -2.36. The summed E-state index contributed by atoms with van der Waals surface area (Å²) in [6.45, 7) is 2.95. The van der Waals surface area contributed by atoms with Crippen LogP contribution in [0.4, 0.5) is 4.79 Å². The summed E-state index contributed by atoms with van der Waals surface area (Å²) in [5, 5.41) is 0. The number of benzene rings is 1. The highest BCUT2D eigenvalue weighted by atomic mass is 16.6. The standard InChI is InChI=1S/C14H21N3O2/c1-11-7-8-13(16-15)9-17(11)14(18)19-10-12-5-3-2-4-6-12/h2-6,11,13,16H,7-10,15H2,1H3. The zero-order chi connectivity index (χ0) is 13.7. The third-order valence-corrected chi connectivity index (χ3v) is 3.56. The van der Waals surface area contributed by atoms with Crippen molar-refractivity contribution >= 4 is 6.09 Å². The van der Waals surface area contributed by atoms with Gasteiger partial charge >= 0.3 is 6.09 Å². The van der Waals surface area contributed by atoms with E-state index in [0.29, 0.717) is 13.2 Å². The van der Waals surface area contributed by atoms with Crippen LogP contribution in [0.2, 0.25) is 0 Å². The van der Waals surface area contributed by atoms with Gasteiger partial charge in [0, 0.05) is 18.6 Å². The second kappa shape index (κ2) is 6.54. The summed E-state index contributed by atoms with van der Waals surface area (Å²) in [6, 6.07) is 10.0. The van der Waals surface area contributed by atoms with Crippen molar-refractivity contribution in [3.63, 3.8) is 0 Å². The first-order chi connectivity index (χ1) is 9.20. The maximum atomic E-state index is 12.1. The highest BCUT2D eigenvalue weighted by molar-refractivity contribution is 5.68. The molecule has 0 spiro atoms. The molecule has 1 amide bonds. The van der Waals surface area contributed by atoms with Gasteiger partial charge in [0.1, 0.15) is 6.61 Å². The number of carbonyl (C=O) groups is 1. The molecule has 1 aliphatic heterocycles. The Bertz CT molecular complexity index is 410. The fourth-order valence-corrected chi connectivity index (χ4v) is 2.30. The van der Waals surface area contributed by atoms with Crippen molar-refractivity contribution in [2.75, 3.05) is 6.54 Å². The summed E-state index contributed by atoms with van der Waals surface area (Å²) in [6.07, 6.45) is 1.66. The molecule has 2 unspecified atom stereocenters. The van der Waals surface area contributed by atoms with Crippen LogP contribution in [-0.2, 0) is 11.3 Å². The molecule has 1 aliphatic rings. The third-order valence-electron chi connectivity index (χ3n) is 3.56. The van der Waals surface area contributed by atoms with Gasteiger partial charge in [0.2, 0.25) is 0 Å². The molecule has 1 aromatic rings. The molecule has 1 saturated heterocycles. The lowest BCUT2D eigenvalue weighted by molar-refractivity contribution is 0.0644. The van der Waals surface area contributed by atoms with E-state index >= 15 is 0 Å². The number of likely N-dealkylation sites (tertiary alicyclic amines) is 1. The zero-order valence-corrected chi connectivity index (χ0v) is 11.2. The van der Waals surface area contributed by atoms with Crippen LogP contribution in [0.15, 0.2) is 30.3 Å². The number of carbonyl (C=O) groups excluding carboxylic acids is 1. The summed E-state index contributed by atoms with van der Waals surface area (Å²) in [5.41, 5.74) is 3.73. The Kier molecular flexibility index (Phi) is 4.76. The molecule has 1 fully saturated rings. The van der Waals surface area contributed by atoms with Crippen molar-refractivity contribution in [3.8, 4) is 0 Å². The molecule has 0 radical (unpaired) electrons. The number of amides is 1. The van der Waals surface area contributed by atoms with Crippen LogP contribution in [-0.4, -0.2) is 29.6 Å². The minimum absolute atomic E-state index is 0.153. The van der Waals surface area contributed by atoms with E-state index in [9.17, 15) is 4.79 Å². The highest BCUT2D eigenvalue weighted by Gasteiger charge is 2.29. The van der Waals surface area contributed by atoms with Crippen LogP contribution in [0.1, 0.15) is 25.3 Å². The number of nitrogens with two attached hydrogens (primary N) is 1. The normalized spacial score (nSPS) is 23.2. The SMILES string of the molecule is CC1CCC(NN)CN1C(=O)OCc1ccccc1. The predicted molar refractivity (Wildman–Crippen MR) is 73.1 cm³/mol. The summed E-state index contributed by atoms with van der Waals surface area (Å²) < 4.78 is 5.35. The summed E-state index contributed by atoms with van der Waals surface area (Å²) in [4.78, 5) is 13.8. The van der Waals surface area contributed by atoms with Gasteiger partial charge in [-0.2, -0.15) is 0 Å². The number of hydrogen-bond donors (Lipinski definition) is 2. The minimum Gasteiger partial charge on any atom is -0.445 e. The second-order valence-electron chi connectivity index (χ2n) is 4.98. The van der Waals surface area contributed by atoms with E-state index in [1.807, 2.05) is 37.3 Å². The minimum atomic E-state index is -0.267. The molecule has 19 heavy (non-hydrogen) atoms. The van der Waals surface area contributed by atoms with Crippen molar-refractivity contribution in [1.82, 2.24) is 10.3 Å². The Morgan fingerprint density at radius 1 is 1.42 bits per heavy atom. The Balaban J connectivity index is 1.88. The van der Waals surface area contributed by atoms with Gasteiger partial charge in [0.25, 0.3) is 0 Å². The number of nitrogens with zero attached hydrogens (tertiary/aromatic N) is 1. The topological polar surface area (TPSA) is 67.6 Å². The van der Waals surface area contributed by atoms with Crippen molar-refractivity contribution in [3.05, 3.63) is 35.9 Å². The van der Waals surface area contributed by atoms with Crippen LogP contribution >= 0.6 is 0 Å². The van der Waals surface area contributed by atoms with Gasteiger partial charge < -0.3 is 9.64 Å². The Morgan fingerprint density at radius 2 is 2.16 bits per heavy atom. The first-order valence-corrected chi connectivity index (χ1v) is 6.64. The van der Waals surface area contributed by atoms with Crippen molar-refractivity contribution < 1.29 is 9.53 Å². The molecule has 2 atom stereocenters. The lowest BCUT2D eigenvalue weighted by atomic mass is 10.0.